The van der Waals surface area contributed by atoms with E-state index in [0.717, 1.165) is 73.9 Å². The summed E-state index contributed by atoms with van der Waals surface area (Å²) in [4.78, 5) is 26.0. The van der Waals surface area contributed by atoms with Gasteiger partial charge in [0.05, 0.1) is 12.5 Å². The highest BCUT2D eigenvalue weighted by molar-refractivity contribution is 7.18. The first-order valence-corrected chi connectivity index (χ1v) is 11.8. The lowest BCUT2D eigenvalue weighted by molar-refractivity contribution is -1.02. The van der Waals surface area contributed by atoms with Crippen molar-refractivity contribution in [3.8, 4) is 5.75 Å². The molecule has 3 N–H and O–H groups in total. The fourth-order valence-electron chi connectivity index (χ4n) is 4.99. The Kier molecular flexibility index (Phi) is 5.35. The summed E-state index contributed by atoms with van der Waals surface area (Å²) in [6.45, 7) is 8.35. The molecular formula is C23H30N4O2S+2. The average Bonchev–Trinajstić information content (AvgIpc) is 3.30. The zero-order valence-corrected chi connectivity index (χ0v) is 18.6. The van der Waals surface area contributed by atoms with E-state index in [1.165, 1.54) is 32.9 Å². The van der Waals surface area contributed by atoms with Gasteiger partial charge in [0, 0.05) is 10.4 Å². The summed E-state index contributed by atoms with van der Waals surface area (Å²) in [5.41, 5.74) is 3.88. The van der Waals surface area contributed by atoms with Gasteiger partial charge in [-0.05, 0) is 43.9 Å². The quantitative estimate of drug-likeness (QED) is 0.549. The molecule has 30 heavy (non-hydrogen) atoms. The first-order valence-electron chi connectivity index (χ1n) is 10.9. The Balaban J connectivity index is 1.24. The lowest BCUT2D eigenvalue weighted by Gasteiger charge is -2.29. The lowest BCUT2D eigenvalue weighted by atomic mass is 10.1. The molecule has 0 spiro atoms. The molecule has 2 aliphatic rings. The second kappa shape index (κ2) is 8.13. The number of hydrogen-bond donors (Lipinski definition) is 3. The molecule has 1 saturated heterocycles. The van der Waals surface area contributed by atoms with Crippen LogP contribution in [0.15, 0.2) is 23.0 Å². The first-order chi connectivity index (χ1) is 14.6. The highest BCUT2D eigenvalue weighted by Gasteiger charge is 2.26. The van der Waals surface area contributed by atoms with Gasteiger partial charge >= 0.3 is 0 Å². The Labute approximate surface area is 180 Å². The molecule has 6 nitrogen and oxygen atoms in total. The molecule has 0 bridgehead atoms. The van der Waals surface area contributed by atoms with Crippen LogP contribution in [0, 0.1) is 6.92 Å². The zero-order chi connectivity index (χ0) is 20.7. The van der Waals surface area contributed by atoms with Gasteiger partial charge in [-0.25, -0.2) is 4.98 Å². The van der Waals surface area contributed by atoms with Gasteiger partial charge in [-0.1, -0.05) is 11.6 Å². The van der Waals surface area contributed by atoms with Crippen molar-refractivity contribution in [2.24, 2.45) is 0 Å². The summed E-state index contributed by atoms with van der Waals surface area (Å²) in [6.07, 6.45) is 3.30. The Bertz CT molecular complexity index is 1130. The Morgan fingerprint density at radius 3 is 2.67 bits per heavy atom. The van der Waals surface area contributed by atoms with E-state index in [-0.39, 0.29) is 5.56 Å². The number of H-pyrrole nitrogens is 1. The number of aryl methyl sites for hydroxylation is 3. The SMILES string of the molecule is COc1ccc(C)cc1C[NH+]1CC[NH+](Cc2nc3sc4c(c3c(=O)[nH]2)CCC4)CC1. The fourth-order valence-corrected chi connectivity index (χ4v) is 6.27. The number of ether oxygens (including phenoxy) is 1. The monoisotopic (exact) mass is 426 g/mol. The lowest BCUT2D eigenvalue weighted by Crippen LogP contribution is -3.27. The molecule has 1 aliphatic carbocycles. The Morgan fingerprint density at radius 1 is 1.13 bits per heavy atom. The molecule has 0 radical (unpaired) electrons. The van der Waals surface area contributed by atoms with Crippen LogP contribution in [0.1, 0.15) is 33.8 Å². The predicted molar refractivity (Wildman–Crippen MR) is 119 cm³/mol. The van der Waals surface area contributed by atoms with Gasteiger partial charge in [-0.3, -0.25) is 4.79 Å². The summed E-state index contributed by atoms with van der Waals surface area (Å²) in [5.74, 6) is 1.83. The number of nitrogens with one attached hydrogen (secondary N) is 3. The van der Waals surface area contributed by atoms with E-state index in [4.69, 9.17) is 9.72 Å². The number of methoxy groups -OCH3 is 1. The van der Waals surface area contributed by atoms with Crippen molar-refractivity contribution in [2.75, 3.05) is 33.3 Å². The van der Waals surface area contributed by atoms with E-state index in [9.17, 15) is 4.79 Å². The summed E-state index contributed by atoms with van der Waals surface area (Å²) < 4.78 is 5.55. The molecule has 0 amide bonds. The van der Waals surface area contributed by atoms with Crippen LogP contribution < -0.4 is 20.1 Å². The number of hydrogen-bond acceptors (Lipinski definition) is 4. The van der Waals surface area contributed by atoms with Crippen LogP contribution in [0.2, 0.25) is 0 Å². The summed E-state index contributed by atoms with van der Waals surface area (Å²) >= 11 is 1.73. The maximum Gasteiger partial charge on any atom is 0.260 e. The molecule has 1 aliphatic heterocycles. The molecular weight excluding hydrogens is 396 g/mol. The predicted octanol–water partition coefficient (Wildman–Crippen LogP) is 0.274. The summed E-state index contributed by atoms with van der Waals surface area (Å²) in [7, 11) is 1.75. The number of aromatic nitrogens is 2. The molecule has 0 unspecified atom stereocenters. The number of quaternary nitrogens is 2. The third-order valence-electron chi connectivity index (χ3n) is 6.58. The van der Waals surface area contributed by atoms with Gasteiger partial charge in [0.15, 0.2) is 5.82 Å². The van der Waals surface area contributed by atoms with Crippen LogP contribution in [0.3, 0.4) is 0 Å². The highest BCUT2D eigenvalue weighted by atomic mass is 32.1. The molecule has 0 saturated carbocycles. The van der Waals surface area contributed by atoms with E-state index in [2.05, 4.69) is 30.1 Å². The minimum Gasteiger partial charge on any atom is -0.496 e. The van der Waals surface area contributed by atoms with E-state index in [1.807, 2.05) is 0 Å². The van der Waals surface area contributed by atoms with Gasteiger partial charge in [0.2, 0.25) is 0 Å². The number of piperazine rings is 1. The standard InChI is InChI=1S/C23H28N4O2S/c1-15-6-7-18(29-2)16(12-15)13-26-8-10-27(11-9-26)14-20-24-22(28)21-17-4-3-5-19(17)30-23(21)25-20/h6-7,12H,3-5,8-11,13-14H2,1-2H3,(H,24,25,28)/p+2. The fraction of sp³-hybridized carbons (Fsp3) is 0.478. The third kappa shape index (κ3) is 3.77. The van der Waals surface area contributed by atoms with Gasteiger partial charge in [-0.2, -0.15) is 0 Å². The summed E-state index contributed by atoms with van der Waals surface area (Å²) in [5, 5.41) is 0.854. The number of rotatable bonds is 5. The van der Waals surface area contributed by atoms with Crippen molar-refractivity contribution in [1.29, 1.82) is 0 Å². The topological polar surface area (TPSA) is 63.9 Å². The van der Waals surface area contributed by atoms with Crippen molar-refractivity contribution in [3.05, 3.63) is 55.9 Å². The average molecular weight is 427 g/mol. The number of benzene rings is 1. The van der Waals surface area contributed by atoms with Crippen LogP contribution in [-0.2, 0) is 25.9 Å². The normalized spacial score (nSPS) is 21.1. The van der Waals surface area contributed by atoms with Crippen molar-refractivity contribution in [3.63, 3.8) is 0 Å². The molecule has 0 atom stereocenters. The molecule has 158 valence electrons. The first kappa shape index (κ1) is 19.7. The Hall–Kier alpha value is -2.22. The largest absolute Gasteiger partial charge is 0.496 e. The molecule has 2 aromatic heterocycles. The molecule has 7 heteroatoms. The van der Waals surface area contributed by atoms with Gasteiger partial charge in [-0.15, -0.1) is 11.3 Å². The van der Waals surface area contributed by atoms with Crippen LogP contribution in [-0.4, -0.2) is 43.3 Å². The number of thiophene rings is 1. The third-order valence-corrected chi connectivity index (χ3v) is 7.77. The Morgan fingerprint density at radius 2 is 1.90 bits per heavy atom. The van der Waals surface area contributed by atoms with Crippen LogP contribution >= 0.6 is 11.3 Å². The molecule has 3 aromatic rings. The van der Waals surface area contributed by atoms with Crippen molar-refractivity contribution in [1.82, 2.24) is 9.97 Å². The van der Waals surface area contributed by atoms with Crippen LogP contribution in [0.4, 0.5) is 0 Å². The molecule has 3 heterocycles. The van der Waals surface area contributed by atoms with Gasteiger partial charge in [0.1, 0.15) is 49.8 Å². The van der Waals surface area contributed by atoms with Crippen molar-refractivity contribution < 1.29 is 14.5 Å². The zero-order valence-electron chi connectivity index (χ0n) is 17.8. The molecule has 1 fully saturated rings. The second-order valence-electron chi connectivity index (χ2n) is 8.72. The summed E-state index contributed by atoms with van der Waals surface area (Å²) in [6, 6.07) is 6.42. The van der Waals surface area contributed by atoms with E-state index in [1.54, 1.807) is 23.3 Å². The van der Waals surface area contributed by atoms with E-state index in [0.29, 0.717) is 0 Å². The van der Waals surface area contributed by atoms with Crippen molar-refractivity contribution >= 4 is 21.6 Å². The number of aromatic amines is 1. The molecule has 1 aromatic carbocycles. The maximum absolute atomic E-state index is 12.7. The molecule has 5 rings (SSSR count). The second-order valence-corrected chi connectivity index (χ2v) is 9.80. The van der Waals surface area contributed by atoms with E-state index >= 15 is 0 Å². The highest BCUT2D eigenvalue weighted by Crippen LogP contribution is 2.34. The smallest absolute Gasteiger partial charge is 0.260 e. The van der Waals surface area contributed by atoms with E-state index < -0.39 is 0 Å². The maximum atomic E-state index is 12.7. The minimum atomic E-state index is 0.0598. The minimum absolute atomic E-state index is 0.0598. The van der Waals surface area contributed by atoms with Gasteiger partial charge < -0.3 is 19.5 Å². The number of nitrogens with zero attached hydrogens (tertiary/aromatic N) is 1. The van der Waals surface area contributed by atoms with Crippen LogP contribution in [0.25, 0.3) is 10.2 Å². The van der Waals surface area contributed by atoms with Crippen molar-refractivity contribution in [2.45, 2.75) is 39.3 Å². The number of fused-ring (bicyclic) bond motifs is 3. The van der Waals surface area contributed by atoms with Crippen LogP contribution in [0.5, 0.6) is 5.75 Å². The van der Waals surface area contributed by atoms with Gasteiger partial charge in [0.25, 0.3) is 5.56 Å².